The lowest BCUT2D eigenvalue weighted by molar-refractivity contribution is 0.725. The molecule has 0 heteroatoms. The smallest absolute Gasteiger partial charge is 0.0286 e. The Labute approximate surface area is 76.4 Å². The summed E-state index contributed by atoms with van der Waals surface area (Å²) in [6.45, 7) is 4.57. The van der Waals surface area contributed by atoms with Gasteiger partial charge in [0, 0.05) is 0 Å². The molecule has 0 nitrogen and oxygen atoms in total. The summed E-state index contributed by atoms with van der Waals surface area (Å²) < 4.78 is 0. The number of rotatable bonds is 0. The molecule has 0 unspecified atom stereocenters. The highest BCUT2D eigenvalue weighted by atomic mass is 14.0. The minimum absolute atomic E-state index is 1.24. The average molecular weight is 164 g/mol. The second-order valence-electron chi connectivity index (χ2n) is 3.82. The zero-order valence-electron chi connectivity index (χ0n) is 8.40. The lowest BCUT2D eigenvalue weighted by atomic mass is 9.99. The Morgan fingerprint density at radius 3 is 2.33 bits per heavy atom. The standard InChI is InChI=1S/C12H20/c1-11-9-7-5-3-4-6-8-10-12(11)2/h3,5H,4,6-10H2,1-2H3. The van der Waals surface area contributed by atoms with Crippen molar-refractivity contribution in [1.82, 2.24) is 0 Å². The van der Waals surface area contributed by atoms with Crippen molar-refractivity contribution in [3.63, 3.8) is 0 Å². The van der Waals surface area contributed by atoms with Crippen LogP contribution < -0.4 is 0 Å². The molecule has 68 valence electrons. The molecular formula is C12H20. The predicted octanol–water partition coefficient (Wildman–Crippen LogP) is 4.23. The van der Waals surface area contributed by atoms with Gasteiger partial charge < -0.3 is 0 Å². The first-order valence-electron chi connectivity index (χ1n) is 5.11. The van der Waals surface area contributed by atoms with Crippen LogP contribution in [0.4, 0.5) is 0 Å². The first-order valence-corrected chi connectivity index (χ1v) is 5.11. The first kappa shape index (κ1) is 9.57. The highest BCUT2D eigenvalue weighted by molar-refractivity contribution is 5.10. The fourth-order valence-electron chi connectivity index (χ4n) is 1.61. The first-order chi connectivity index (χ1) is 5.80. The Morgan fingerprint density at radius 1 is 0.833 bits per heavy atom. The predicted molar refractivity (Wildman–Crippen MR) is 55.2 cm³/mol. The van der Waals surface area contributed by atoms with Crippen molar-refractivity contribution >= 4 is 0 Å². The van der Waals surface area contributed by atoms with E-state index in [2.05, 4.69) is 26.0 Å². The Balaban J connectivity index is 2.52. The highest BCUT2D eigenvalue weighted by Crippen LogP contribution is 2.18. The summed E-state index contributed by atoms with van der Waals surface area (Å²) >= 11 is 0. The minimum atomic E-state index is 1.24. The maximum Gasteiger partial charge on any atom is -0.0286 e. The third-order valence-corrected chi connectivity index (χ3v) is 2.75. The van der Waals surface area contributed by atoms with E-state index in [0.29, 0.717) is 0 Å². The van der Waals surface area contributed by atoms with Crippen LogP contribution in [0.25, 0.3) is 0 Å². The lowest BCUT2D eigenvalue weighted by Gasteiger charge is -2.08. The van der Waals surface area contributed by atoms with Crippen molar-refractivity contribution in [3.8, 4) is 0 Å². The van der Waals surface area contributed by atoms with Gasteiger partial charge >= 0.3 is 0 Å². The molecule has 0 aliphatic heterocycles. The topological polar surface area (TPSA) is 0 Å². The summed E-state index contributed by atoms with van der Waals surface area (Å²) in [4.78, 5) is 0. The van der Waals surface area contributed by atoms with E-state index >= 15 is 0 Å². The second kappa shape index (κ2) is 5.18. The SMILES string of the molecule is CC1=C(C)CCCCC=CCC1. The van der Waals surface area contributed by atoms with Crippen LogP contribution in [-0.2, 0) is 0 Å². The number of hydrogen-bond acceptors (Lipinski definition) is 0. The van der Waals surface area contributed by atoms with Crippen LogP contribution in [0.2, 0.25) is 0 Å². The van der Waals surface area contributed by atoms with Crippen LogP contribution in [0.15, 0.2) is 23.3 Å². The largest absolute Gasteiger partial charge is 0.0885 e. The molecule has 0 saturated heterocycles. The monoisotopic (exact) mass is 164 g/mol. The van der Waals surface area contributed by atoms with E-state index in [1.807, 2.05) is 0 Å². The van der Waals surface area contributed by atoms with Crippen LogP contribution in [0.1, 0.15) is 52.4 Å². The van der Waals surface area contributed by atoms with Crippen LogP contribution in [0, 0.1) is 0 Å². The molecule has 0 aromatic rings. The van der Waals surface area contributed by atoms with Crippen molar-refractivity contribution < 1.29 is 0 Å². The fraction of sp³-hybridized carbons (Fsp3) is 0.667. The van der Waals surface area contributed by atoms with Gasteiger partial charge in [-0.1, -0.05) is 23.3 Å². The number of allylic oxidation sites excluding steroid dienone is 4. The Kier molecular flexibility index (Phi) is 4.13. The van der Waals surface area contributed by atoms with E-state index in [1.165, 1.54) is 38.5 Å². The molecule has 0 fully saturated rings. The molecule has 0 bridgehead atoms. The molecule has 0 heterocycles. The van der Waals surface area contributed by atoms with E-state index in [-0.39, 0.29) is 0 Å². The van der Waals surface area contributed by atoms with Crippen molar-refractivity contribution in [2.45, 2.75) is 52.4 Å². The Morgan fingerprint density at radius 2 is 1.50 bits per heavy atom. The molecule has 0 spiro atoms. The Hall–Kier alpha value is -0.520. The molecule has 0 aromatic heterocycles. The summed E-state index contributed by atoms with van der Waals surface area (Å²) in [7, 11) is 0. The van der Waals surface area contributed by atoms with Crippen molar-refractivity contribution in [3.05, 3.63) is 23.3 Å². The third kappa shape index (κ3) is 3.25. The van der Waals surface area contributed by atoms with E-state index in [1.54, 1.807) is 11.1 Å². The molecular weight excluding hydrogens is 144 g/mol. The van der Waals surface area contributed by atoms with Gasteiger partial charge in [-0.2, -0.15) is 0 Å². The molecule has 1 aliphatic carbocycles. The lowest BCUT2D eigenvalue weighted by Crippen LogP contribution is -1.87. The van der Waals surface area contributed by atoms with Gasteiger partial charge in [-0.05, 0) is 52.4 Å². The molecule has 12 heavy (non-hydrogen) atoms. The molecule has 0 aromatic carbocycles. The van der Waals surface area contributed by atoms with Crippen molar-refractivity contribution in [2.24, 2.45) is 0 Å². The molecule has 1 rings (SSSR count). The van der Waals surface area contributed by atoms with Crippen molar-refractivity contribution in [2.75, 3.05) is 0 Å². The summed E-state index contributed by atoms with van der Waals surface area (Å²) in [6.07, 6.45) is 12.5. The number of hydrogen-bond donors (Lipinski definition) is 0. The van der Waals surface area contributed by atoms with Gasteiger partial charge in [-0.25, -0.2) is 0 Å². The Bertz CT molecular complexity index is 184. The second-order valence-corrected chi connectivity index (χ2v) is 3.82. The molecule has 0 amide bonds. The molecule has 0 atom stereocenters. The maximum absolute atomic E-state index is 2.34. The van der Waals surface area contributed by atoms with Gasteiger partial charge in [-0.15, -0.1) is 0 Å². The summed E-state index contributed by atoms with van der Waals surface area (Å²) in [6, 6.07) is 0. The van der Waals surface area contributed by atoms with Crippen LogP contribution in [0.3, 0.4) is 0 Å². The van der Waals surface area contributed by atoms with E-state index in [9.17, 15) is 0 Å². The normalized spacial score (nSPS) is 21.2. The quantitative estimate of drug-likeness (QED) is 0.470. The van der Waals surface area contributed by atoms with Gasteiger partial charge in [0.05, 0.1) is 0 Å². The third-order valence-electron chi connectivity index (χ3n) is 2.75. The minimum Gasteiger partial charge on any atom is -0.0885 e. The van der Waals surface area contributed by atoms with Crippen LogP contribution in [-0.4, -0.2) is 0 Å². The van der Waals surface area contributed by atoms with E-state index < -0.39 is 0 Å². The van der Waals surface area contributed by atoms with Crippen LogP contribution in [0.5, 0.6) is 0 Å². The van der Waals surface area contributed by atoms with Gasteiger partial charge in [0.25, 0.3) is 0 Å². The van der Waals surface area contributed by atoms with Gasteiger partial charge in [0.15, 0.2) is 0 Å². The van der Waals surface area contributed by atoms with Crippen molar-refractivity contribution in [1.29, 1.82) is 0 Å². The maximum atomic E-state index is 2.34. The summed E-state index contributed by atoms with van der Waals surface area (Å²) in [5.74, 6) is 0. The van der Waals surface area contributed by atoms with Gasteiger partial charge in [0.2, 0.25) is 0 Å². The zero-order valence-corrected chi connectivity index (χ0v) is 8.40. The van der Waals surface area contributed by atoms with E-state index in [0.717, 1.165) is 0 Å². The summed E-state index contributed by atoms with van der Waals surface area (Å²) in [5, 5.41) is 0. The fourth-order valence-corrected chi connectivity index (χ4v) is 1.61. The van der Waals surface area contributed by atoms with E-state index in [4.69, 9.17) is 0 Å². The molecule has 0 saturated carbocycles. The highest BCUT2D eigenvalue weighted by Gasteiger charge is 1.98. The van der Waals surface area contributed by atoms with Gasteiger partial charge in [-0.3, -0.25) is 0 Å². The molecule has 1 aliphatic rings. The molecule has 0 radical (unpaired) electrons. The molecule has 0 N–H and O–H groups in total. The average Bonchev–Trinajstić information content (AvgIpc) is 2.08. The zero-order chi connectivity index (χ0) is 8.81. The summed E-state index contributed by atoms with van der Waals surface area (Å²) in [5.41, 5.74) is 3.24. The van der Waals surface area contributed by atoms with Crippen LogP contribution >= 0.6 is 0 Å². The van der Waals surface area contributed by atoms with Gasteiger partial charge in [0.1, 0.15) is 0 Å².